The summed E-state index contributed by atoms with van der Waals surface area (Å²) in [5, 5.41) is 0. The summed E-state index contributed by atoms with van der Waals surface area (Å²) >= 11 is 0. The van der Waals surface area contributed by atoms with Crippen LogP contribution in [0.15, 0.2) is 49.2 Å². The van der Waals surface area contributed by atoms with Gasteiger partial charge in [-0.3, -0.25) is 9.88 Å². The third-order valence-electron chi connectivity index (χ3n) is 5.03. The molecule has 27 heavy (non-hydrogen) atoms. The lowest BCUT2D eigenvalue weighted by Gasteiger charge is -2.33. The molecule has 1 aliphatic rings. The topological polar surface area (TPSA) is 63.0 Å². The average molecular weight is 363 g/mol. The first-order valence-electron chi connectivity index (χ1n) is 9.35. The fourth-order valence-electron chi connectivity index (χ4n) is 3.58. The first-order chi connectivity index (χ1) is 13.2. The second kappa shape index (κ2) is 7.84. The van der Waals surface area contributed by atoms with E-state index in [-0.39, 0.29) is 0 Å². The maximum Gasteiger partial charge on any atom is 0.224 e. The predicted octanol–water partition coefficient (Wildman–Crippen LogP) is 2.64. The van der Waals surface area contributed by atoms with Gasteiger partial charge in [-0.1, -0.05) is 6.07 Å². The Bertz CT molecular complexity index is 850. The highest BCUT2D eigenvalue weighted by atomic mass is 15.2. The van der Waals surface area contributed by atoms with Gasteiger partial charge in [0.25, 0.3) is 0 Å². The minimum Gasteiger partial charge on any atom is -0.347 e. The normalized spacial score (nSPS) is 15.8. The fourth-order valence-corrected chi connectivity index (χ4v) is 3.58. The van der Waals surface area contributed by atoms with Gasteiger partial charge in [0.1, 0.15) is 5.82 Å². The van der Waals surface area contributed by atoms with Gasteiger partial charge in [-0.15, -0.1) is 0 Å². The quantitative estimate of drug-likeness (QED) is 0.694. The highest BCUT2D eigenvalue weighted by molar-refractivity contribution is 5.54. The Labute approximate surface area is 159 Å². The molecule has 0 unspecified atom stereocenters. The maximum absolute atomic E-state index is 4.57. The second-order valence-electron chi connectivity index (χ2n) is 7.15. The summed E-state index contributed by atoms with van der Waals surface area (Å²) in [5.41, 5.74) is 2.10. The molecule has 0 atom stereocenters. The third kappa shape index (κ3) is 3.98. The van der Waals surface area contributed by atoms with Crippen molar-refractivity contribution in [3.05, 3.63) is 54.9 Å². The monoisotopic (exact) mass is 363 g/mol. The molecule has 1 saturated heterocycles. The molecule has 1 aliphatic heterocycles. The Morgan fingerprint density at radius 2 is 1.78 bits per heavy atom. The van der Waals surface area contributed by atoms with Crippen molar-refractivity contribution < 1.29 is 0 Å². The molecule has 4 heterocycles. The number of piperidine rings is 1. The zero-order chi connectivity index (χ0) is 18.6. The van der Waals surface area contributed by atoms with Gasteiger partial charge in [0.15, 0.2) is 0 Å². The Kier molecular flexibility index (Phi) is 5.11. The third-order valence-corrected chi connectivity index (χ3v) is 5.03. The molecule has 7 nitrogen and oxygen atoms in total. The number of hydrogen-bond acceptors (Lipinski definition) is 6. The number of pyridine rings is 1. The lowest BCUT2D eigenvalue weighted by atomic mass is 10.0. The lowest BCUT2D eigenvalue weighted by molar-refractivity contribution is 0.178. The van der Waals surface area contributed by atoms with Gasteiger partial charge in [0.2, 0.25) is 5.95 Å². The SMILES string of the molecule is CN(C)c1ncc(-c2nccn2C2CCN(Cc3ccccn3)CC2)cn1. The number of rotatable bonds is 5. The number of hydrogen-bond donors (Lipinski definition) is 0. The van der Waals surface area contributed by atoms with Crippen LogP contribution < -0.4 is 4.90 Å². The molecule has 3 aromatic heterocycles. The summed E-state index contributed by atoms with van der Waals surface area (Å²) in [6.07, 6.45) is 11.7. The van der Waals surface area contributed by atoms with Crippen molar-refractivity contribution in [2.75, 3.05) is 32.1 Å². The van der Waals surface area contributed by atoms with Gasteiger partial charge in [0.05, 0.1) is 11.3 Å². The Hall–Kier alpha value is -2.80. The fraction of sp³-hybridized carbons (Fsp3) is 0.400. The highest BCUT2D eigenvalue weighted by Gasteiger charge is 2.23. The Morgan fingerprint density at radius 1 is 1.00 bits per heavy atom. The van der Waals surface area contributed by atoms with E-state index >= 15 is 0 Å². The predicted molar refractivity (Wildman–Crippen MR) is 105 cm³/mol. The molecular weight excluding hydrogens is 338 g/mol. The van der Waals surface area contributed by atoms with Crippen LogP contribution in [-0.2, 0) is 6.54 Å². The number of anilines is 1. The molecule has 0 radical (unpaired) electrons. The number of nitrogens with zero attached hydrogens (tertiary/aromatic N) is 7. The molecule has 1 fully saturated rings. The number of aromatic nitrogens is 5. The molecule has 140 valence electrons. The van der Waals surface area contributed by atoms with Crippen molar-refractivity contribution in [3.63, 3.8) is 0 Å². The number of imidazole rings is 1. The first kappa shape index (κ1) is 17.6. The lowest BCUT2D eigenvalue weighted by Crippen LogP contribution is -2.34. The zero-order valence-electron chi connectivity index (χ0n) is 15.9. The summed E-state index contributed by atoms with van der Waals surface area (Å²) in [6.45, 7) is 3.05. The van der Waals surface area contributed by atoms with Crippen molar-refractivity contribution in [1.29, 1.82) is 0 Å². The van der Waals surface area contributed by atoms with E-state index in [9.17, 15) is 0 Å². The molecule has 4 rings (SSSR count). The van der Waals surface area contributed by atoms with Crippen LogP contribution in [0.1, 0.15) is 24.6 Å². The van der Waals surface area contributed by atoms with E-state index in [0.717, 1.165) is 49.6 Å². The van der Waals surface area contributed by atoms with Gasteiger partial charge < -0.3 is 9.47 Å². The zero-order valence-corrected chi connectivity index (χ0v) is 15.9. The van der Waals surface area contributed by atoms with E-state index < -0.39 is 0 Å². The standard InChI is InChI=1S/C20H25N7/c1-25(2)20-23-13-16(14-24-20)19-22-9-12-27(19)18-6-10-26(11-7-18)15-17-5-3-4-8-21-17/h3-5,8-9,12-14,18H,6-7,10-11,15H2,1-2H3. The molecule has 0 aliphatic carbocycles. The molecule has 7 heteroatoms. The molecular formula is C20H25N7. The molecule has 0 bridgehead atoms. The van der Waals surface area contributed by atoms with E-state index in [1.165, 1.54) is 0 Å². The second-order valence-corrected chi connectivity index (χ2v) is 7.15. The van der Waals surface area contributed by atoms with Crippen LogP contribution >= 0.6 is 0 Å². The average Bonchev–Trinajstić information content (AvgIpc) is 3.19. The highest BCUT2D eigenvalue weighted by Crippen LogP contribution is 2.28. The maximum atomic E-state index is 4.57. The minimum absolute atomic E-state index is 0.455. The van der Waals surface area contributed by atoms with Gasteiger partial charge >= 0.3 is 0 Å². The summed E-state index contributed by atoms with van der Waals surface area (Å²) in [5.74, 6) is 1.66. The van der Waals surface area contributed by atoms with E-state index in [2.05, 4.69) is 47.7 Å². The van der Waals surface area contributed by atoms with Crippen LogP contribution in [0.3, 0.4) is 0 Å². The summed E-state index contributed by atoms with van der Waals surface area (Å²) in [7, 11) is 3.88. The van der Waals surface area contributed by atoms with Crippen LogP contribution in [0.2, 0.25) is 0 Å². The van der Waals surface area contributed by atoms with Crippen LogP contribution in [-0.4, -0.2) is 56.6 Å². The Balaban J connectivity index is 1.43. The van der Waals surface area contributed by atoms with E-state index in [1.807, 2.05) is 49.8 Å². The van der Waals surface area contributed by atoms with E-state index in [1.54, 1.807) is 0 Å². The van der Waals surface area contributed by atoms with Crippen LogP contribution in [0, 0.1) is 0 Å². The number of likely N-dealkylation sites (tertiary alicyclic amines) is 1. The van der Waals surface area contributed by atoms with Crippen molar-refractivity contribution in [1.82, 2.24) is 29.4 Å². The van der Waals surface area contributed by atoms with Gasteiger partial charge in [-0.2, -0.15) is 0 Å². The van der Waals surface area contributed by atoms with Gasteiger partial charge in [-0.05, 0) is 25.0 Å². The van der Waals surface area contributed by atoms with Crippen molar-refractivity contribution >= 4 is 5.95 Å². The molecule has 3 aromatic rings. The smallest absolute Gasteiger partial charge is 0.224 e. The van der Waals surface area contributed by atoms with Crippen molar-refractivity contribution in [2.45, 2.75) is 25.4 Å². The summed E-state index contributed by atoms with van der Waals surface area (Å²) in [6, 6.07) is 6.56. The van der Waals surface area contributed by atoms with Gasteiger partial charge in [0, 0.05) is 70.8 Å². The van der Waals surface area contributed by atoms with Crippen LogP contribution in [0.25, 0.3) is 11.4 Å². The molecule has 0 N–H and O–H groups in total. The van der Waals surface area contributed by atoms with E-state index in [0.29, 0.717) is 12.0 Å². The molecule has 0 spiro atoms. The van der Waals surface area contributed by atoms with Crippen LogP contribution in [0.5, 0.6) is 0 Å². The van der Waals surface area contributed by atoms with Crippen LogP contribution in [0.4, 0.5) is 5.95 Å². The van der Waals surface area contributed by atoms with Crippen molar-refractivity contribution in [2.24, 2.45) is 0 Å². The summed E-state index contributed by atoms with van der Waals surface area (Å²) < 4.78 is 2.28. The van der Waals surface area contributed by atoms with Crippen molar-refractivity contribution in [3.8, 4) is 11.4 Å². The van der Waals surface area contributed by atoms with E-state index in [4.69, 9.17) is 0 Å². The Morgan fingerprint density at radius 3 is 2.44 bits per heavy atom. The first-order valence-corrected chi connectivity index (χ1v) is 9.35. The summed E-state index contributed by atoms with van der Waals surface area (Å²) in [4.78, 5) is 22.2. The minimum atomic E-state index is 0.455. The molecule has 0 aromatic carbocycles. The van der Waals surface area contributed by atoms with Gasteiger partial charge in [-0.25, -0.2) is 15.0 Å². The molecule has 0 amide bonds. The molecule has 0 saturated carbocycles. The largest absolute Gasteiger partial charge is 0.347 e.